The molecule has 0 heterocycles. The normalized spacial score (nSPS) is 15.6. The lowest BCUT2D eigenvalue weighted by Crippen LogP contribution is -2.55. The molecule has 47 heavy (non-hydrogen) atoms. The molecular weight excluding hydrogens is 624 g/mol. The second-order valence-electron chi connectivity index (χ2n) is 11.3. The van der Waals surface area contributed by atoms with Crippen LogP contribution in [0.5, 0.6) is 0 Å². The number of carbonyl (C=O) groups excluding carboxylic acids is 6. The summed E-state index contributed by atoms with van der Waals surface area (Å²) in [5.41, 5.74) is 11.1. The van der Waals surface area contributed by atoms with E-state index in [1.54, 1.807) is 0 Å². The fraction of sp³-hybridized carbons (Fsp3) is 0.714. The summed E-state index contributed by atoms with van der Waals surface area (Å²) in [4.78, 5) is 96.8. The summed E-state index contributed by atoms with van der Waals surface area (Å²) >= 11 is 0. The zero-order valence-electron chi connectivity index (χ0n) is 26.3. The van der Waals surface area contributed by atoms with Crippen molar-refractivity contribution in [3.8, 4) is 0 Å². The Morgan fingerprint density at radius 1 is 0.681 bits per heavy atom. The molecule has 13 N–H and O–H groups in total. The van der Waals surface area contributed by atoms with Crippen LogP contribution < -0.4 is 43.4 Å². The molecule has 1 aliphatic carbocycles. The van der Waals surface area contributed by atoms with E-state index in [9.17, 15) is 53.7 Å². The van der Waals surface area contributed by atoms with Crippen LogP contribution in [0.2, 0.25) is 0 Å². The average molecular weight is 673 g/mol. The van der Waals surface area contributed by atoms with Gasteiger partial charge in [0.25, 0.3) is 0 Å². The van der Waals surface area contributed by atoms with Crippen LogP contribution in [0.4, 0.5) is 0 Å². The van der Waals surface area contributed by atoms with Crippen molar-refractivity contribution in [2.75, 3.05) is 32.8 Å². The van der Waals surface area contributed by atoms with Gasteiger partial charge in [-0.1, -0.05) is 38.5 Å². The Kier molecular flexibility index (Phi) is 19.2. The van der Waals surface area contributed by atoms with Gasteiger partial charge < -0.3 is 58.7 Å². The summed E-state index contributed by atoms with van der Waals surface area (Å²) in [5, 5.41) is 41.6. The number of nitrogens with two attached hydrogens (primary N) is 2. The van der Waals surface area contributed by atoms with E-state index in [-0.39, 0.29) is 12.3 Å². The molecule has 19 heteroatoms. The molecule has 1 aliphatic rings. The summed E-state index contributed by atoms with van der Waals surface area (Å²) < 4.78 is 0. The van der Waals surface area contributed by atoms with Crippen molar-refractivity contribution in [1.29, 1.82) is 0 Å². The number of carbonyl (C=O) groups is 8. The minimum atomic E-state index is -1.65. The summed E-state index contributed by atoms with van der Waals surface area (Å²) in [6.07, 6.45) is 5.55. The zero-order valence-corrected chi connectivity index (χ0v) is 26.3. The van der Waals surface area contributed by atoms with Crippen molar-refractivity contribution in [1.82, 2.24) is 31.9 Å². The first-order chi connectivity index (χ1) is 22.3. The van der Waals surface area contributed by atoms with Crippen LogP contribution in [0.1, 0.15) is 64.2 Å². The number of hydrogen-bond donors (Lipinski definition) is 11. The third kappa shape index (κ3) is 17.2. The Morgan fingerprint density at radius 3 is 1.83 bits per heavy atom. The maximum atomic E-state index is 12.8. The van der Waals surface area contributed by atoms with Gasteiger partial charge in [-0.25, -0.2) is 4.79 Å². The summed E-state index contributed by atoms with van der Waals surface area (Å²) in [6.45, 7) is -2.31. The van der Waals surface area contributed by atoms with E-state index >= 15 is 0 Å². The van der Waals surface area contributed by atoms with E-state index in [2.05, 4.69) is 31.9 Å². The van der Waals surface area contributed by atoms with Crippen LogP contribution >= 0.6 is 0 Å². The Bertz CT molecular complexity index is 1100. The molecule has 0 aromatic carbocycles. The zero-order chi connectivity index (χ0) is 35.4. The predicted octanol–water partition coefficient (Wildman–Crippen LogP) is -4.23. The van der Waals surface area contributed by atoms with Gasteiger partial charge in [-0.3, -0.25) is 33.6 Å². The minimum Gasteiger partial charge on any atom is -0.481 e. The molecule has 1 fully saturated rings. The molecule has 4 atom stereocenters. The molecule has 266 valence electrons. The number of amides is 6. The summed E-state index contributed by atoms with van der Waals surface area (Å²) in [5.74, 6) is -7.89. The Hall–Kier alpha value is -4.36. The van der Waals surface area contributed by atoms with E-state index in [0.717, 1.165) is 32.1 Å². The molecule has 19 nitrogen and oxygen atoms in total. The molecule has 0 spiro atoms. The fourth-order valence-corrected chi connectivity index (χ4v) is 4.79. The molecule has 0 aliphatic heterocycles. The number of carboxylic acids is 2. The predicted molar refractivity (Wildman–Crippen MR) is 164 cm³/mol. The van der Waals surface area contributed by atoms with Gasteiger partial charge in [0, 0.05) is 0 Å². The van der Waals surface area contributed by atoms with Crippen molar-refractivity contribution in [3.05, 3.63) is 0 Å². The van der Waals surface area contributed by atoms with E-state index in [0.29, 0.717) is 25.8 Å². The number of unbranched alkanes of at least 4 members (excludes halogenated alkanes) is 1. The van der Waals surface area contributed by atoms with Crippen molar-refractivity contribution in [2.45, 2.75) is 88.4 Å². The highest BCUT2D eigenvalue weighted by Crippen LogP contribution is 2.27. The third-order valence-electron chi connectivity index (χ3n) is 7.37. The van der Waals surface area contributed by atoms with Crippen molar-refractivity contribution < 1.29 is 53.7 Å². The number of carboxylic acid groups (broad SMARTS) is 2. The highest BCUT2D eigenvalue weighted by Gasteiger charge is 2.31. The van der Waals surface area contributed by atoms with Gasteiger partial charge in [0.2, 0.25) is 35.4 Å². The molecule has 0 aromatic heterocycles. The molecule has 0 unspecified atom stereocenters. The number of aliphatic hydroxyl groups is 1. The van der Waals surface area contributed by atoms with Gasteiger partial charge in [-0.05, 0) is 31.7 Å². The number of rotatable bonds is 22. The topological polar surface area (TPSA) is 321 Å². The van der Waals surface area contributed by atoms with Crippen molar-refractivity contribution >= 4 is 47.4 Å². The Morgan fingerprint density at radius 2 is 1.26 bits per heavy atom. The molecule has 0 saturated heterocycles. The molecule has 1 rings (SSSR count). The molecular formula is C28H48N8O11. The van der Waals surface area contributed by atoms with Crippen molar-refractivity contribution in [2.24, 2.45) is 17.4 Å². The van der Waals surface area contributed by atoms with E-state index in [1.807, 2.05) is 0 Å². The summed E-state index contributed by atoms with van der Waals surface area (Å²) in [7, 11) is 0. The number of aliphatic hydroxyl groups excluding tert-OH is 1. The molecule has 0 bridgehead atoms. The number of aliphatic carboxylic acids is 2. The summed E-state index contributed by atoms with van der Waals surface area (Å²) in [6, 6.07) is -5.32. The first-order valence-electron chi connectivity index (χ1n) is 15.5. The van der Waals surface area contributed by atoms with E-state index < -0.39 is 104 Å². The van der Waals surface area contributed by atoms with Crippen LogP contribution in [0.3, 0.4) is 0 Å². The van der Waals surface area contributed by atoms with E-state index in [1.165, 1.54) is 0 Å². The SMILES string of the molecule is NCCCC[C@H](N)C(=O)NCC(=O)NCC(=O)N[C@@H](CO)C(=O)NCC(=O)N[C@@H](CC(=O)O)C(=O)N[C@@H](CC1CCCCC1)C(=O)O. The van der Waals surface area contributed by atoms with Gasteiger partial charge in [0.15, 0.2) is 0 Å². The molecule has 6 amide bonds. The average Bonchev–Trinajstić information content (AvgIpc) is 3.03. The second kappa shape index (κ2) is 22.2. The van der Waals surface area contributed by atoms with Gasteiger partial charge in [0.1, 0.15) is 18.1 Å². The van der Waals surface area contributed by atoms with Gasteiger partial charge >= 0.3 is 11.9 Å². The maximum absolute atomic E-state index is 12.8. The first kappa shape index (κ1) is 40.7. The van der Waals surface area contributed by atoms with Crippen LogP contribution in [-0.4, -0.2) is 120 Å². The fourth-order valence-electron chi connectivity index (χ4n) is 4.79. The molecule has 0 aromatic rings. The van der Waals surface area contributed by atoms with E-state index in [4.69, 9.17) is 11.5 Å². The highest BCUT2D eigenvalue weighted by atomic mass is 16.4. The van der Waals surface area contributed by atoms with Gasteiger partial charge in [-0.15, -0.1) is 0 Å². The van der Waals surface area contributed by atoms with Gasteiger partial charge in [0.05, 0.1) is 38.7 Å². The van der Waals surface area contributed by atoms with Gasteiger partial charge in [-0.2, -0.15) is 0 Å². The minimum absolute atomic E-state index is 0.0814. The Labute approximate surface area is 271 Å². The van der Waals surface area contributed by atoms with Crippen LogP contribution in [0.15, 0.2) is 0 Å². The molecule has 0 radical (unpaired) electrons. The number of nitrogens with one attached hydrogen (secondary N) is 6. The molecule has 1 saturated carbocycles. The second-order valence-corrected chi connectivity index (χ2v) is 11.3. The number of hydrogen-bond acceptors (Lipinski definition) is 11. The van der Waals surface area contributed by atoms with Crippen LogP contribution in [-0.2, 0) is 38.4 Å². The Balaban J connectivity index is 2.55. The third-order valence-corrected chi connectivity index (χ3v) is 7.37. The highest BCUT2D eigenvalue weighted by molar-refractivity contribution is 5.95. The lowest BCUT2D eigenvalue weighted by Gasteiger charge is -2.26. The lowest BCUT2D eigenvalue weighted by molar-refractivity contribution is -0.144. The standard InChI is InChI=1S/C28H48N8O11/c29-9-5-4-8-17(30)25(43)32-12-21(38)31-13-22(39)35-20(15-37)26(44)33-14-23(40)34-18(11-24(41)42)27(45)36-19(28(46)47)10-16-6-2-1-3-7-16/h16-20,37H,1-15,29-30H2,(H,31,38)(H,32,43)(H,33,44)(H,34,40)(H,35,39)(H,36,45)(H,41,42)(H,46,47)/t17-,18-,19-,20-/m0/s1. The van der Waals surface area contributed by atoms with Crippen LogP contribution in [0.25, 0.3) is 0 Å². The smallest absolute Gasteiger partial charge is 0.326 e. The monoisotopic (exact) mass is 672 g/mol. The quantitative estimate of drug-likeness (QED) is 0.0486. The first-order valence-corrected chi connectivity index (χ1v) is 15.5. The lowest BCUT2D eigenvalue weighted by atomic mass is 9.85. The maximum Gasteiger partial charge on any atom is 0.326 e. The van der Waals surface area contributed by atoms with Crippen molar-refractivity contribution in [3.63, 3.8) is 0 Å². The van der Waals surface area contributed by atoms with Crippen LogP contribution in [0, 0.1) is 5.92 Å². The largest absolute Gasteiger partial charge is 0.481 e.